The first-order valence-corrected chi connectivity index (χ1v) is 13.3. The lowest BCUT2D eigenvalue weighted by Gasteiger charge is -2.39. The molecular formula is C29H31N7O4. The number of aromatic nitrogens is 5. The summed E-state index contributed by atoms with van der Waals surface area (Å²) >= 11 is 0. The number of nitrogens with zero attached hydrogens (tertiary/aromatic N) is 6. The molecule has 5 aromatic rings. The number of H-pyrrole nitrogens is 1. The highest BCUT2D eigenvalue weighted by molar-refractivity contribution is 5.80. The van der Waals surface area contributed by atoms with E-state index in [1.807, 2.05) is 55.5 Å². The van der Waals surface area contributed by atoms with Gasteiger partial charge in [0.1, 0.15) is 29.8 Å². The fourth-order valence-corrected chi connectivity index (χ4v) is 5.26. The molecule has 4 heterocycles. The Morgan fingerprint density at radius 2 is 1.82 bits per heavy atom. The molecule has 0 aliphatic carbocycles. The van der Waals surface area contributed by atoms with E-state index in [1.165, 1.54) is 0 Å². The van der Waals surface area contributed by atoms with Gasteiger partial charge in [0, 0.05) is 48.3 Å². The quantitative estimate of drug-likeness (QED) is 0.300. The highest BCUT2D eigenvalue weighted by Gasteiger charge is 2.33. The van der Waals surface area contributed by atoms with Crippen molar-refractivity contribution in [3.63, 3.8) is 0 Å². The van der Waals surface area contributed by atoms with E-state index >= 15 is 0 Å². The fraction of sp³-hybridized carbons (Fsp3) is 0.310. The Kier molecular flexibility index (Phi) is 7.19. The number of hydrogen-bond donors (Lipinski definition) is 1. The second-order valence-corrected chi connectivity index (χ2v) is 9.63. The number of methoxy groups -OCH3 is 1. The summed E-state index contributed by atoms with van der Waals surface area (Å²) < 4.78 is 18.3. The van der Waals surface area contributed by atoms with Gasteiger partial charge in [-0.05, 0) is 78.0 Å². The Labute approximate surface area is 230 Å². The molecule has 0 spiro atoms. The molecule has 6 rings (SSSR count). The summed E-state index contributed by atoms with van der Waals surface area (Å²) in [7, 11) is 1.67. The first kappa shape index (κ1) is 25.6. The molecule has 1 atom stereocenters. The number of piperazine rings is 1. The monoisotopic (exact) mass is 541 g/mol. The van der Waals surface area contributed by atoms with Crippen LogP contribution in [0.1, 0.15) is 30.1 Å². The van der Waals surface area contributed by atoms with Crippen molar-refractivity contribution in [3.8, 4) is 11.5 Å². The number of tetrazole rings is 1. The zero-order chi connectivity index (χ0) is 27.5. The number of furan rings is 1. The van der Waals surface area contributed by atoms with Gasteiger partial charge in [-0.25, -0.2) is 4.68 Å². The van der Waals surface area contributed by atoms with Crippen LogP contribution in [-0.4, -0.2) is 70.0 Å². The van der Waals surface area contributed by atoms with Crippen molar-refractivity contribution in [2.75, 3.05) is 44.8 Å². The van der Waals surface area contributed by atoms with Crippen LogP contribution in [0.3, 0.4) is 0 Å². The third-order valence-electron chi connectivity index (χ3n) is 7.26. The molecule has 3 aromatic heterocycles. The Morgan fingerprint density at radius 1 is 1.02 bits per heavy atom. The Hall–Kier alpha value is -4.64. The lowest BCUT2D eigenvalue weighted by Crippen LogP contribution is -2.49. The average Bonchev–Trinajstić information content (AvgIpc) is 3.67. The lowest BCUT2D eigenvalue weighted by molar-refractivity contribution is 0.200. The summed E-state index contributed by atoms with van der Waals surface area (Å²) in [4.78, 5) is 21.2. The number of benzene rings is 2. The van der Waals surface area contributed by atoms with Crippen molar-refractivity contribution in [1.82, 2.24) is 30.1 Å². The molecule has 40 heavy (non-hydrogen) atoms. The van der Waals surface area contributed by atoms with E-state index in [1.54, 1.807) is 18.1 Å². The standard InChI is InChI=1S/C29H31N7O4/c1-3-39-23-10-11-26-20(17-23)18-25(29(37)30-26)27(28-31-32-33-36(28)19-24-5-4-16-40-24)35-14-12-34(13-15-35)21-6-8-22(38-2)9-7-21/h4-11,16-18,27H,3,12-15,19H2,1-2H3,(H,30,37)/t27-/m1/s1. The molecule has 0 bridgehead atoms. The maximum atomic E-state index is 13.6. The number of aromatic amines is 1. The van der Waals surface area contributed by atoms with Gasteiger partial charge >= 0.3 is 0 Å². The van der Waals surface area contributed by atoms with Gasteiger partial charge in [-0.3, -0.25) is 9.69 Å². The molecule has 1 fully saturated rings. The zero-order valence-electron chi connectivity index (χ0n) is 22.5. The molecule has 0 amide bonds. The molecule has 206 valence electrons. The number of hydrogen-bond acceptors (Lipinski definition) is 9. The van der Waals surface area contributed by atoms with Crippen LogP contribution in [0, 0.1) is 0 Å². The first-order valence-electron chi connectivity index (χ1n) is 13.3. The van der Waals surface area contributed by atoms with E-state index in [2.05, 4.69) is 42.4 Å². The summed E-state index contributed by atoms with van der Waals surface area (Å²) in [5.74, 6) is 2.89. The van der Waals surface area contributed by atoms with Crippen LogP contribution in [0.25, 0.3) is 10.9 Å². The van der Waals surface area contributed by atoms with Crippen molar-refractivity contribution < 1.29 is 13.9 Å². The van der Waals surface area contributed by atoms with Crippen LogP contribution in [0.5, 0.6) is 11.5 Å². The second-order valence-electron chi connectivity index (χ2n) is 9.63. The minimum absolute atomic E-state index is 0.174. The van der Waals surface area contributed by atoms with E-state index in [4.69, 9.17) is 13.9 Å². The van der Waals surface area contributed by atoms with E-state index in [-0.39, 0.29) is 5.56 Å². The predicted octanol–water partition coefficient (Wildman–Crippen LogP) is 3.47. The van der Waals surface area contributed by atoms with E-state index in [9.17, 15) is 4.79 Å². The minimum atomic E-state index is -0.466. The van der Waals surface area contributed by atoms with Crippen molar-refractivity contribution in [2.24, 2.45) is 0 Å². The maximum absolute atomic E-state index is 13.6. The van der Waals surface area contributed by atoms with Gasteiger partial charge in [0.15, 0.2) is 5.82 Å². The number of fused-ring (bicyclic) bond motifs is 1. The molecule has 2 aromatic carbocycles. The van der Waals surface area contributed by atoms with Gasteiger partial charge < -0.3 is 23.8 Å². The van der Waals surface area contributed by atoms with Crippen LogP contribution in [-0.2, 0) is 6.54 Å². The predicted molar refractivity (Wildman–Crippen MR) is 150 cm³/mol. The van der Waals surface area contributed by atoms with Gasteiger partial charge in [-0.15, -0.1) is 5.10 Å². The minimum Gasteiger partial charge on any atom is -0.497 e. The Bertz CT molecular complexity index is 1620. The van der Waals surface area contributed by atoms with E-state index < -0.39 is 6.04 Å². The first-order chi connectivity index (χ1) is 19.6. The zero-order valence-corrected chi connectivity index (χ0v) is 22.5. The molecule has 1 aliphatic heterocycles. The molecule has 11 heteroatoms. The third kappa shape index (κ3) is 5.15. The SMILES string of the molecule is CCOc1ccc2[nH]c(=O)c([C@H](c3nnnn3Cc3ccco3)N3CCN(c4ccc(OC)cc4)CC3)cc2c1. The van der Waals surface area contributed by atoms with Gasteiger partial charge in [-0.1, -0.05) is 0 Å². The van der Waals surface area contributed by atoms with Gasteiger partial charge in [-0.2, -0.15) is 0 Å². The highest BCUT2D eigenvalue weighted by Crippen LogP contribution is 2.30. The smallest absolute Gasteiger partial charge is 0.253 e. The maximum Gasteiger partial charge on any atom is 0.253 e. The van der Waals surface area contributed by atoms with Crippen LogP contribution < -0.4 is 19.9 Å². The molecule has 0 saturated carbocycles. The summed E-state index contributed by atoms with van der Waals surface area (Å²) in [6, 6.07) is 18.9. The normalized spacial score (nSPS) is 14.9. The Balaban J connectivity index is 1.36. The number of ether oxygens (including phenoxy) is 2. The van der Waals surface area contributed by atoms with E-state index in [0.717, 1.165) is 46.9 Å². The second kappa shape index (κ2) is 11.2. The summed E-state index contributed by atoms with van der Waals surface area (Å²) in [5, 5.41) is 13.6. The number of nitrogens with one attached hydrogen (secondary N) is 1. The number of anilines is 1. The molecule has 0 unspecified atom stereocenters. The number of rotatable bonds is 9. The molecular weight excluding hydrogens is 510 g/mol. The van der Waals surface area contributed by atoms with Crippen molar-refractivity contribution in [2.45, 2.75) is 19.5 Å². The molecule has 1 N–H and O–H groups in total. The van der Waals surface area contributed by atoms with Crippen molar-refractivity contribution >= 4 is 16.6 Å². The molecule has 0 radical (unpaired) electrons. The van der Waals surface area contributed by atoms with Crippen LogP contribution in [0.15, 0.2) is 76.1 Å². The third-order valence-corrected chi connectivity index (χ3v) is 7.26. The topological polar surface area (TPSA) is 115 Å². The van der Waals surface area contributed by atoms with Gasteiger partial charge in [0.05, 0.1) is 20.0 Å². The molecule has 1 aliphatic rings. The Morgan fingerprint density at radius 3 is 2.55 bits per heavy atom. The summed E-state index contributed by atoms with van der Waals surface area (Å²) in [5.41, 5.74) is 2.28. The van der Waals surface area contributed by atoms with Crippen molar-refractivity contribution in [3.05, 3.63) is 94.4 Å². The average molecular weight is 542 g/mol. The van der Waals surface area contributed by atoms with Crippen LogP contribution >= 0.6 is 0 Å². The van der Waals surface area contributed by atoms with Gasteiger partial charge in [0.25, 0.3) is 5.56 Å². The molecule has 11 nitrogen and oxygen atoms in total. The largest absolute Gasteiger partial charge is 0.497 e. The fourth-order valence-electron chi connectivity index (χ4n) is 5.26. The highest BCUT2D eigenvalue weighted by atomic mass is 16.5. The lowest BCUT2D eigenvalue weighted by atomic mass is 10.0. The van der Waals surface area contributed by atoms with Crippen LogP contribution in [0.4, 0.5) is 5.69 Å². The number of pyridine rings is 1. The summed E-state index contributed by atoms with van der Waals surface area (Å²) in [6.45, 7) is 5.84. The van der Waals surface area contributed by atoms with E-state index in [0.29, 0.717) is 37.6 Å². The van der Waals surface area contributed by atoms with Crippen LogP contribution in [0.2, 0.25) is 0 Å². The summed E-state index contributed by atoms with van der Waals surface area (Å²) in [6.07, 6.45) is 1.62. The van der Waals surface area contributed by atoms with Gasteiger partial charge in [0.2, 0.25) is 0 Å². The van der Waals surface area contributed by atoms with Crippen molar-refractivity contribution in [1.29, 1.82) is 0 Å². The molecule has 1 saturated heterocycles.